The van der Waals surface area contributed by atoms with E-state index in [0.717, 1.165) is 0 Å². The Kier molecular flexibility index (Phi) is 2160. The molecule has 0 bridgehead atoms. The van der Waals surface area contributed by atoms with E-state index in [0.29, 0.717) is 0 Å². The van der Waals surface area contributed by atoms with Crippen LogP contribution in [0.1, 0.15) is 0 Å². The van der Waals surface area contributed by atoms with Crippen LogP contribution in [0, 0.1) is 81.7 Å². The predicted molar refractivity (Wildman–Crippen MR) is 11.6 cm³/mol. The Hall–Kier alpha value is 2.46. The number of hydrogen-bond acceptors (Lipinski definition) is 6. The van der Waals surface area contributed by atoms with Gasteiger partial charge < -0.3 is 32.9 Å². The standard InChI is InChI=1S/Ce.Gd.6H2O/h;;6*1H2/q2*+3;;;;;;/p-6. The van der Waals surface area contributed by atoms with E-state index in [1.165, 1.54) is 0 Å². The molecule has 0 aromatic carbocycles. The molecule has 0 amide bonds. The van der Waals surface area contributed by atoms with E-state index in [2.05, 4.69) is 0 Å². The zero-order valence-corrected chi connectivity index (χ0v) is 8.95. The van der Waals surface area contributed by atoms with E-state index in [1.54, 1.807) is 0 Å². The van der Waals surface area contributed by atoms with E-state index in [9.17, 15) is 0 Å². The monoisotopic (exact) mass is 400 g/mol. The van der Waals surface area contributed by atoms with Gasteiger partial charge in [-0.2, -0.15) is 0 Å². The summed E-state index contributed by atoms with van der Waals surface area (Å²) in [6.45, 7) is 0. The second kappa shape index (κ2) is 112. The maximum atomic E-state index is 0. The molecule has 8 heteroatoms. The van der Waals surface area contributed by atoms with E-state index in [4.69, 9.17) is 0 Å². The first-order chi connectivity index (χ1) is 0. The summed E-state index contributed by atoms with van der Waals surface area (Å²) in [4.78, 5) is 0. The summed E-state index contributed by atoms with van der Waals surface area (Å²) >= 11 is 0. The molecule has 0 atom stereocenters. The molecule has 2 radical (unpaired) electrons. The normalized spacial score (nSPS) is 0. The molecule has 8 heavy (non-hydrogen) atoms. The van der Waals surface area contributed by atoms with Gasteiger partial charge in [0.1, 0.15) is 0 Å². The first-order valence-electron chi connectivity index (χ1n) is 0. The van der Waals surface area contributed by atoms with Gasteiger partial charge in [0.15, 0.2) is 0 Å². The maximum Gasteiger partial charge on any atom is 3.00 e. The fourth-order valence-electron chi connectivity index (χ4n) is 0. The first kappa shape index (κ1) is 155. The summed E-state index contributed by atoms with van der Waals surface area (Å²) in [5.41, 5.74) is 0. The van der Waals surface area contributed by atoms with Crippen LogP contribution in [-0.2, 0) is 0 Å². The van der Waals surface area contributed by atoms with Gasteiger partial charge in [0.05, 0.1) is 0 Å². The van der Waals surface area contributed by atoms with Gasteiger partial charge in [0, 0.05) is 0 Å². The van der Waals surface area contributed by atoms with Crippen LogP contribution in [0.25, 0.3) is 0 Å². The van der Waals surface area contributed by atoms with Crippen LogP contribution in [0.3, 0.4) is 0 Å². The average molecular weight is 399 g/mol. The minimum atomic E-state index is 0. The zero-order valence-electron chi connectivity index (χ0n) is 3.54. The Bertz CT molecular complexity index is 8.49. The Morgan fingerprint density at radius 2 is 0.375 bits per heavy atom. The van der Waals surface area contributed by atoms with Crippen molar-refractivity contribution in [3.05, 3.63) is 0 Å². The molecular weight excluding hydrogens is 393 g/mol. The van der Waals surface area contributed by atoms with Crippen molar-refractivity contribution in [1.29, 1.82) is 0 Å². The van der Waals surface area contributed by atoms with E-state index >= 15 is 0 Å². The molecule has 0 rings (SSSR count). The maximum absolute atomic E-state index is 0. The van der Waals surface area contributed by atoms with Crippen molar-refractivity contribution in [1.82, 2.24) is 0 Å². The van der Waals surface area contributed by atoms with Crippen molar-refractivity contribution < 1.29 is 115 Å². The summed E-state index contributed by atoms with van der Waals surface area (Å²) in [6.07, 6.45) is 0. The molecule has 6 nitrogen and oxygen atoms in total. The number of rotatable bonds is 0. The SMILES string of the molecule is [Ce+3].[Gd+3].[OH-].[OH-].[OH-].[OH-].[OH-].[OH-]. The largest absolute Gasteiger partial charge is 3.00 e. The van der Waals surface area contributed by atoms with Gasteiger partial charge in [-0.1, -0.05) is 0 Å². The van der Waals surface area contributed by atoms with Crippen LogP contribution in [0.2, 0.25) is 0 Å². The molecule has 0 aliphatic heterocycles. The van der Waals surface area contributed by atoms with Crippen LogP contribution in [0.15, 0.2) is 0 Å². The summed E-state index contributed by atoms with van der Waals surface area (Å²) in [5.74, 6) is 0. The van der Waals surface area contributed by atoms with Crippen molar-refractivity contribution in [2.24, 2.45) is 0 Å². The predicted octanol–water partition coefficient (Wildman–Crippen LogP) is -1.06. The topological polar surface area (TPSA) is 180 Å². The molecular formula is H6CeGdO6. The molecule has 6 N–H and O–H groups in total. The van der Waals surface area contributed by atoms with Crippen molar-refractivity contribution in [3.8, 4) is 0 Å². The minimum Gasteiger partial charge on any atom is -0.870 e. The smallest absolute Gasteiger partial charge is 0.870 e. The molecule has 0 aliphatic carbocycles. The molecule has 0 fully saturated rings. The van der Waals surface area contributed by atoms with Crippen LogP contribution < -0.4 is 0 Å². The second-order valence-electron chi connectivity index (χ2n) is 0. The summed E-state index contributed by atoms with van der Waals surface area (Å²) < 4.78 is 0. The van der Waals surface area contributed by atoms with Crippen molar-refractivity contribution in [2.75, 3.05) is 0 Å². The van der Waals surface area contributed by atoms with Crippen molar-refractivity contribution in [2.45, 2.75) is 0 Å². The first-order valence-corrected chi connectivity index (χ1v) is 0. The molecule has 0 unspecified atom stereocenters. The molecule has 0 saturated heterocycles. The molecule has 0 aliphatic rings. The molecule has 0 spiro atoms. The summed E-state index contributed by atoms with van der Waals surface area (Å²) in [6, 6.07) is 0. The zero-order chi connectivity index (χ0) is 0. The molecule has 0 saturated carbocycles. The van der Waals surface area contributed by atoms with E-state index in [-0.39, 0.29) is 115 Å². The van der Waals surface area contributed by atoms with Gasteiger partial charge in [-0.3, -0.25) is 0 Å². The van der Waals surface area contributed by atoms with Crippen LogP contribution in [-0.4, -0.2) is 32.9 Å². The second-order valence-corrected chi connectivity index (χ2v) is 0. The third kappa shape index (κ3) is 77.8. The van der Waals surface area contributed by atoms with Crippen LogP contribution >= 0.6 is 0 Å². The third-order valence-electron chi connectivity index (χ3n) is 0. The van der Waals surface area contributed by atoms with E-state index < -0.39 is 0 Å². The fourth-order valence-corrected chi connectivity index (χ4v) is 0. The van der Waals surface area contributed by atoms with Crippen molar-refractivity contribution >= 4 is 0 Å². The summed E-state index contributed by atoms with van der Waals surface area (Å²) in [5, 5.41) is 0. The van der Waals surface area contributed by atoms with Gasteiger partial charge in [0.25, 0.3) is 0 Å². The Labute approximate surface area is 112 Å². The quantitative estimate of drug-likeness (QED) is 0.500. The van der Waals surface area contributed by atoms with Gasteiger partial charge in [-0.15, -0.1) is 0 Å². The molecule has 54 valence electrons. The fraction of sp³-hybridized carbons (Fsp3) is 0. The summed E-state index contributed by atoms with van der Waals surface area (Å²) in [7, 11) is 0. The van der Waals surface area contributed by atoms with Gasteiger partial charge in [-0.05, 0) is 0 Å². The Balaban J connectivity index is 0. The van der Waals surface area contributed by atoms with Crippen LogP contribution in [0.5, 0.6) is 0 Å². The molecule has 0 heterocycles. The molecule has 0 aromatic heterocycles. The van der Waals surface area contributed by atoms with Crippen molar-refractivity contribution in [3.63, 3.8) is 0 Å². The molecule has 0 aromatic rings. The van der Waals surface area contributed by atoms with E-state index in [1.807, 2.05) is 0 Å². The minimum absolute atomic E-state index is 0. The Morgan fingerprint density at radius 3 is 0.375 bits per heavy atom. The van der Waals surface area contributed by atoms with Gasteiger partial charge in [-0.25, -0.2) is 0 Å². The number of hydrogen-bond donors (Lipinski definition) is 0. The third-order valence-corrected chi connectivity index (χ3v) is 0. The average Bonchev–Trinajstić information content (AvgIpc) is 0. The Morgan fingerprint density at radius 1 is 0.375 bits per heavy atom. The van der Waals surface area contributed by atoms with Gasteiger partial charge in [0.2, 0.25) is 0 Å². The van der Waals surface area contributed by atoms with Crippen LogP contribution in [0.4, 0.5) is 0 Å². The van der Waals surface area contributed by atoms with Gasteiger partial charge >= 0.3 is 81.7 Å².